The van der Waals surface area contributed by atoms with Crippen LogP contribution in [0.15, 0.2) is 58.4 Å². The summed E-state index contributed by atoms with van der Waals surface area (Å²) in [4.78, 5) is 16.7. The fourth-order valence-corrected chi connectivity index (χ4v) is 3.50. The highest BCUT2D eigenvalue weighted by Crippen LogP contribution is 2.26. The number of amides is 1. The van der Waals surface area contributed by atoms with Crippen molar-refractivity contribution >= 4 is 38.3 Å². The van der Waals surface area contributed by atoms with Gasteiger partial charge in [-0.1, -0.05) is 28.1 Å². The molecule has 0 bridgehead atoms. The van der Waals surface area contributed by atoms with Gasteiger partial charge in [-0.15, -0.1) is 11.3 Å². The Morgan fingerprint density at radius 1 is 1.19 bits per heavy atom. The predicted octanol–water partition coefficient (Wildman–Crippen LogP) is 4.87. The summed E-state index contributed by atoms with van der Waals surface area (Å²) >= 11 is 4.83. The van der Waals surface area contributed by atoms with Gasteiger partial charge < -0.3 is 15.4 Å². The molecule has 140 valence electrons. The molecule has 5 nitrogen and oxygen atoms in total. The third kappa shape index (κ3) is 5.38. The van der Waals surface area contributed by atoms with Crippen molar-refractivity contribution in [1.82, 2.24) is 10.3 Å². The number of hydrogen-bond donors (Lipinski definition) is 2. The van der Waals surface area contributed by atoms with E-state index in [9.17, 15) is 4.79 Å². The maximum Gasteiger partial charge on any atom is 0.240 e. The van der Waals surface area contributed by atoms with Crippen molar-refractivity contribution in [3.63, 3.8) is 0 Å². The van der Waals surface area contributed by atoms with Crippen molar-refractivity contribution in [2.45, 2.75) is 13.0 Å². The monoisotopic (exact) mass is 445 g/mol. The van der Waals surface area contributed by atoms with E-state index in [2.05, 4.69) is 31.5 Å². The van der Waals surface area contributed by atoms with Crippen molar-refractivity contribution in [2.75, 3.05) is 19.0 Å². The molecule has 0 aliphatic carbocycles. The van der Waals surface area contributed by atoms with Gasteiger partial charge >= 0.3 is 0 Å². The zero-order chi connectivity index (χ0) is 19.2. The van der Waals surface area contributed by atoms with Crippen LogP contribution in [0.4, 0.5) is 5.13 Å². The van der Waals surface area contributed by atoms with Gasteiger partial charge in [-0.25, -0.2) is 4.98 Å². The lowest BCUT2D eigenvalue weighted by molar-refractivity contribution is -0.115. The Hall–Kier alpha value is -2.22. The highest BCUT2D eigenvalue weighted by atomic mass is 79.9. The summed E-state index contributed by atoms with van der Waals surface area (Å²) in [5, 5.41) is 8.58. The second kappa shape index (κ2) is 9.12. The van der Waals surface area contributed by atoms with E-state index in [1.54, 1.807) is 7.11 Å². The lowest BCUT2D eigenvalue weighted by atomic mass is 10.1. The van der Waals surface area contributed by atoms with Crippen LogP contribution >= 0.6 is 27.3 Å². The molecule has 1 amide bonds. The molecular weight excluding hydrogens is 426 g/mol. The summed E-state index contributed by atoms with van der Waals surface area (Å²) in [5.41, 5.74) is 2.94. The minimum absolute atomic E-state index is 0.0787. The lowest BCUT2D eigenvalue weighted by Crippen LogP contribution is -2.30. The normalized spacial score (nSPS) is 11.8. The van der Waals surface area contributed by atoms with Crippen LogP contribution in [0, 0.1) is 0 Å². The molecule has 0 unspecified atom stereocenters. The number of ether oxygens (including phenoxy) is 1. The smallest absolute Gasteiger partial charge is 0.240 e. The largest absolute Gasteiger partial charge is 0.497 e. The van der Waals surface area contributed by atoms with Gasteiger partial charge in [-0.2, -0.15) is 0 Å². The molecule has 1 aromatic heterocycles. The van der Waals surface area contributed by atoms with E-state index in [1.807, 2.05) is 60.8 Å². The van der Waals surface area contributed by atoms with Crippen LogP contribution in [0.25, 0.3) is 11.3 Å². The van der Waals surface area contributed by atoms with E-state index < -0.39 is 0 Å². The SMILES string of the molecule is COc1ccc(-c2csc(NC(=O)CN[C@H](C)c3ccc(Br)cc3)n2)cc1. The highest BCUT2D eigenvalue weighted by Gasteiger charge is 2.10. The van der Waals surface area contributed by atoms with Crippen molar-refractivity contribution in [3.05, 3.63) is 63.9 Å². The van der Waals surface area contributed by atoms with Crippen LogP contribution in [-0.2, 0) is 4.79 Å². The summed E-state index contributed by atoms with van der Waals surface area (Å²) in [6.07, 6.45) is 0. The third-order valence-corrected chi connectivity index (χ3v) is 5.36. The van der Waals surface area contributed by atoms with Crippen LogP contribution in [0.5, 0.6) is 5.75 Å². The number of anilines is 1. The molecule has 0 radical (unpaired) electrons. The molecule has 3 rings (SSSR count). The molecule has 3 aromatic rings. The Morgan fingerprint density at radius 3 is 2.56 bits per heavy atom. The first kappa shape index (κ1) is 19.5. The van der Waals surface area contributed by atoms with Crippen molar-refractivity contribution in [3.8, 4) is 17.0 Å². The number of carbonyl (C=O) groups is 1. The van der Waals surface area contributed by atoms with Crippen molar-refractivity contribution < 1.29 is 9.53 Å². The van der Waals surface area contributed by atoms with Crippen LogP contribution in [0.2, 0.25) is 0 Å². The Labute approximate surface area is 170 Å². The van der Waals surface area contributed by atoms with E-state index >= 15 is 0 Å². The second-order valence-corrected chi connectivity index (χ2v) is 7.74. The van der Waals surface area contributed by atoms with E-state index in [0.29, 0.717) is 5.13 Å². The molecule has 0 saturated heterocycles. The molecule has 2 N–H and O–H groups in total. The fraction of sp³-hybridized carbons (Fsp3) is 0.200. The average molecular weight is 446 g/mol. The molecule has 0 spiro atoms. The van der Waals surface area contributed by atoms with Crippen molar-refractivity contribution in [2.24, 2.45) is 0 Å². The first-order valence-corrected chi connectivity index (χ1v) is 10.1. The molecule has 0 saturated carbocycles. The van der Waals surface area contributed by atoms with Gasteiger partial charge in [-0.05, 0) is 48.9 Å². The topological polar surface area (TPSA) is 63.2 Å². The lowest BCUT2D eigenvalue weighted by Gasteiger charge is -2.13. The second-order valence-electron chi connectivity index (χ2n) is 5.97. The molecule has 7 heteroatoms. The van der Waals surface area contributed by atoms with Crippen LogP contribution in [-0.4, -0.2) is 24.5 Å². The van der Waals surface area contributed by atoms with Crippen LogP contribution < -0.4 is 15.4 Å². The van der Waals surface area contributed by atoms with Gasteiger partial charge in [0.2, 0.25) is 5.91 Å². The molecule has 2 aromatic carbocycles. The number of nitrogens with zero attached hydrogens (tertiary/aromatic N) is 1. The predicted molar refractivity (Wildman–Crippen MR) is 113 cm³/mol. The number of thiazole rings is 1. The molecule has 0 aliphatic heterocycles. The van der Waals surface area contributed by atoms with Gasteiger partial charge in [0, 0.05) is 21.5 Å². The zero-order valence-electron chi connectivity index (χ0n) is 15.0. The minimum Gasteiger partial charge on any atom is -0.497 e. The highest BCUT2D eigenvalue weighted by molar-refractivity contribution is 9.10. The van der Waals surface area contributed by atoms with E-state index in [4.69, 9.17) is 4.74 Å². The zero-order valence-corrected chi connectivity index (χ0v) is 17.4. The fourth-order valence-electron chi connectivity index (χ4n) is 2.50. The van der Waals surface area contributed by atoms with Gasteiger partial charge in [-0.3, -0.25) is 4.79 Å². The number of benzene rings is 2. The van der Waals surface area contributed by atoms with E-state index in [0.717, 1.165) is 27.0 Å². The standard InChI is InChI=1S/C20H20BrN3O2S/c1-13(14-3-7-16(21)8-4-14)22-11-19(25)24-20-23-18(12-27-20)15-5-9-17(26-2)10-6-15/h3-10,12-13,22H,11H2,1-2H3,(H,23,24,25)/t13-/m1/s1. The average Bonchev–Trinajstić information content (AvgIpc) is 3.15. The number of nitrogens with one attached hydrogen (secondary N) is 2. The summed E-state index contributed by atoms with van der Waals surface area (Å²) in [6, 6.07) is 15.8. The molecule has 0 aliphatic rings. The summed E-state index contributed by atoms with van der Waals surface area (Å²) in [6.45, 7) is 2.25. The quantitative estimate of drug-likeness (QED) is 0.544. The molecular formula is C20H20BrN3O2S. The number of carbonyl (C=O) groups excluding carboxylic acids is 1. The Bertz CT molecular complexity index is 894. The van der Waals surface area contributed by atoms with Gasteiger partial charge in [0.15, 0.2) is 5.13 Å². The first-order chi connectivity index (χ1) is 13.0. The van der Waals surface area contributed by atoms with Gasteiger partial charge in [0.05, 0.1) is 19.3 Å². The maximum atomic E-state index is 12.2. The summed E-state index contributed by atoms with van der Waals surface area (Å²) < 4.78 is 6.20. The van der Waals surface area contributed by atoms with Gasteiger partial charge in [0.25, 0.3) is 0 Å². The van der Waals surface area contributed by atoms with Crippen LogP contribution in [0.3, 0.4) is 0 Å². The number of aromatic nitrogens is 1. The Morgan fingerprint density at radius 2 is 1.89 bits per heavy atom. The summed E-state index contributed by atoms with van der Waals surface area (Å²) in [7, 11) is 1.64. The Balaban J connectivity index is 1.53. The van der Waals surface area contributed by atoms with Crippen LogP contribution in [0.1, 0.15) is 18.5 Å². The maximum absolute atomic E-state index is 12.2. The first-order valence-electron chi connectivity index (χ1n) is 8.44. The number of halogens is 1. The van der Waals surface area contributed by atoms with Crippen molar-refractivity contribution in [1.29, 1.82) is 0 Å². The third-order valence-electron chi connectivity index (χ3n) is 4.08. The number of hydrogen-bond acceptors (Lipinski definition) is 5. The Kier molecular flexibility index (Phi) is 6.60. The molecule has 27 heavy (non-hydrogen) atoms. The van der Waals surface area contributed by atoms with E-state index in [-0.39, 0.29) is 18.5 Å². The number of rotatable bonds is 7. The van der Waals surface area contributed by atoms with Gasteiger partial charge in [0.1, 0.15) is 5.75 Å². The summed E-state index contributed by atoms with van der Waals surface area (Å²) in [5.74, 6) is 0.683. The molecule has 0 fully saturated rings. The molecule has 1 atom stereocenters. The number of methoxy groups -OCH3 is 1. The van der Waals surface area contributed by atoms with E-state index in [1.165, 1.54) is 11.3 Å². The molecule has 1 heterocycles. The minimum atomic E-state index is -0.116.